The van der Waals surface area contributed by atoms with Gasteiger partial charge >= 0.3 is 13.1 Å². The first-order valence-electron chi connectivity index (χ1n) is 8.90. The standard InChI is InChI=1S/C18H27BF2O5/c1-6-23-15(22)8-7-11-24-14-12-13(20)9-10-18(14,21)19-25-16(2,3)17(4,5)26-19/h9-10,12,14H,6-8,11H2,1-5H3. The Morgan fingerprint density at radius 1 is 1.27 bits per heavy atom. The highest BCUT2D eigenvalue weighted by Gasteiger charge is 2.63. The number of hydrogen-bond acceptors (Lipinski definition) is 5. The minimum Gasteiger partial charge on any atom is -0.466 e. The third-order valence-corrected chi connectivity index (χ3v) is 4.99. The number of halogens is 2. The van der Waals surface area contributed by atoms with Crippen LogP contribution in [0.25, 0.3) is 0 Å². The molecule has 1 heterocycles. The van der Waals surface area contributed by atoms with Crippen molar-refractivity contribution in [2.75, 3.05) is 13.2 Å². The molecule has 0 amide bonds. The van der Waals surface area contributed by atoms with Crippen LogP contribution in [0.3, 0.4) is 0 Å². The van der Waals surface area contributed by atoms with Gasteiger partial charge < -0.3 is 18.8 Å². The fourth-order valence-corrected chi connectivity index (χ4v) is 2.70. The molecule has 0 N–H and O–H groups in total. The van der Waals surface area contributed by atoms with E-state index in [4.69, 9.17) is 18.8 Å². The Morgan fingerprint density at radius 3 is 2.46 bits per heavy atom. The zero-order valence-corrected chi connectivity index (χ0v) is 16.0. The Morgan fingerprint density at radius 2 is 1.88 bits per heavy atom. The lowest BCUT2D eigenvalue weighted by atomic mass is 9.64. The molecule has 2 aliphatic rings. The van der Waals surface area contributed by atoms with Gasteiger partial charge in [0.2, 0.25) is 0 Å². The number of rotatable bonds is 7. The second-order valence-electron chi connectivity index (χ2n) is 7.50. The number of esters is 1. The Kier molecular flexibility index (Phi) is 6.30. The van der Waals surface area contributed by atoms with Crippen molar-refractivity contribution in [3.8, 4) is 0 Å². The molecular weight excluding hydrogens is 345 g/mol. The number of carbonyl (C=O) groups excluding carboxylic acids is 1. The topological polar surface area (TPSA) is 54.0 Å². The zero-order valence-electron chi connectivity index (χ0n) is 16.0. The number of ether oxygens (including phenoxy) is 2. The predicted octanol–water partition coefficient (Wildman–Crippen LogP) is 3.48. The predicted molar refractivity (Wildman–Crippen MR) is 93.9 cm³/mol. The van der Waals surface area contributed by atoms with Crippen LogP contribution < -0.4 is 0 Å². The summed E-state index contributed by atoms with van der Waals surface area (Å²) < 4.78 is 51.4. The summed E-state index contributed by atoms with van der Waals surface area (Å²) in [5.74, 6) is -0.941. The Hall–Kier alpha value is -1.25. The van der Waals surface area contributed by atoms with Gasteiger partial charge in [0.1, 0.15) is 11.9 Å². The van der Waals surface area contributed by atoms with Crippen LogP contribution >= 0.6 is 0 Å². The van der Waals surface area contributed by atoms with Gasteiger partial charge in [0.25, 0.3) is 0 Å². The van der Waals surface area contributed by atoms with Crippen LogP contribution in [0.1, 0.15) is 47.5 Å². The monoisotopic (exact) mass is 372 g/mol. The number of hydrogen-bond donors (Lipinski definition) is 0. The lowest BCUT2D eigenvalue weighted by Crippen LogP contribution is -2.53. The highest BCUT2D eigenvalue weighted by molar-refractivity contribution is 6.50. The molecular formula is C18H27BF2O5. The van der Waals surface area contributed by atoms with Gasteiger partial charge in [-0.05, 0) is 59.3 Å². The van der Waals surface area contributed by atoms with Crippen LogP contribution in [0.15, 0.2) is 24.1 Å². The molecule has 1 aliphatic carbocycles. The maximum atomic E-state index is 15.7. The van der Waals surface area contributed by atoms with Crippen molar-refractivity contribution in [2.24, 2.45) is 0 Å². The van der Waals surface area contributed by atoms with Crippen molar-refractivity contribution in [3.63, 3.8) is 0 Å². The van der Waals surface area contributed by atoms with E-state index in [2.05, 4.69) is 0 Å². The van der Waals surface area contributed by atoms with Gasteiger partial charge in [-0.2, -0.15) is 0 Å². The van der Waals surface area contributed by atoms with Crippen molar-refractivity contribution in [3.05, 3.63) is 24.1 Å². The third-order valence-electron chi connectivity index (χ3n) is 4.99. The fraction of sp³-hybridized carbons (Fsp3) is 0.722. The second kappa shape index (κ2) is 7.78. The van der Waals surface area contributed by atoms with Crippen LogP contribution in [0, 0.1) is 0 Å². The van der Waals surface area contributed by atoms with Crippen LogP contribution in [0.2, 0.25) is 0 Å². The van der Waals surface area contributed by atoms with E-state index in [0.29, 0.717) is 13.0 Å². The molecule has 2 unspecified atom stereocenters. The van der Waals surface area contributed by atoms with Gasteiger partial charge in [-0.25, -0.2) is 8.78 Å². The molecule has 0 radical (unpaired) electrons. The molecule has 0 bridgehead atoms. The van der Waals surface area contributed by atoms with Crippen LogP contribution in [0.4, 0.5) is 8.78 Å². The summed E-state index contributed by atoms with van der Waals surface area (Å²) in [6.45, 7) is 9.35. The van der Waals surface area contributed by atoms with Crippen molar-refractivity contribution < 1.29 is 32.4 Å². The van der Waals surface area contributed by atoms with Gasteiger partial charge in [0, 0.05) is 13.0 Å². The summed E-state index contributed by atoms with van der Waals surface area (Å²) in [7, 11) is -1.23. The van der Waals surface area contributed by atoms with Crippen molar-refractivity contribution in [2.45, 2.75) is 70.3 Å². The van der Waals surface area contributed by atoms with Crippen LogP contribution in [-0.4, -0.2) is 49.2 Å². The van der Waals surface area contributed by atoms with Crippen molar-refractivity contribution in [1.82, 2.24) is 0 Å². The third kappa shape index (κ3) is 4.35. The fourth-order valence-electron chi connectivity index (χ4n) is 2.70. The highest BCUT2D eigenvalue weighted by Crippen LogP contribution is 2.43. The Bertz CT molecular complexity index is 574. The van der Waals surface area contributed by atoms with E-state index in [1.54, 1.807) is 6.92 Å². The van der Waals surface area contributed by atoms with Gasteiger partial charge in [0.15, 0.2) is 5.57 Å². The van der Waals surface area contributed by atoms with Crippen LogP contribution in [0.5, 0.6) is 0 Å². The minimum absolute atomic E-state index is 0.0757. The van der Waals surface area contributed by atoms with E-state index >= 15 is 4.39 Å². The molecule has 26 heavy (non-hydrogen) atoms. The summed E-state index contributed by atoms with van der Waals surface area (Å²) in [5.41, 5.74) is -3.62. The van der Waals surface area contributed by atoms with Gasteiger partial charge in [-0.3, -0.25) is 4.79 Å². The van der Waals surface area contributed by atoms with E-state index < -0.39 is 35.8 Å². The molecule has 1 saturated heterocycles. The molecule has 0 saturated carbocycles. The lowest BCUT2D eigenvalue weighted by Gasteiger charge is -2.32. The molecule has 0 aromatic rings. The molecule has 0 aromatic heterocycles. The minimum atomic E-state index is -2.18. The summed E-state index contributed by atoms with van der Waals surface area (Å²) in [5, 5.41) is 0. The number of alkyl halides is 1. The zero-order chi connectivity index (χ0) is 19.6. The normalized spacial score (nSPS) is 29.6. The average Bonchev–Trinajstić information content (AvgIpc) is 2.76. The first-order chi connectivity index (χ1) is 12.0. The Balaban J connectivity index is 2.04. The largest absolute Gasteiger partial charge is 0.505 e. The first kappa shape index (κ1) is 21.1. The van der Waals surface area contributed by atoms with E-state index in [-0.39, 0.29) is 19.0 Å². The average molecular weight is 372 g/mol. The molecule has 146 valence electrons. The maximum Gasteiger partial charge on any atom is 0.505 e. The Labute approximate surface area is 153 Å². The van der Waals surface area contributed by atoms with Gasteiger partial charge in [-0.1, -0.05) is 0 Å². The summed E-state index contributed by atoms with van der Waals surface area (Å²) >= 11 is 0. The summed E-state index contributed by atoms with van der Waals surface area (Å²) in [6, 6.07) is 0. The van der Waals surface area contributed by atoms with E-state index in [0.717, 1.165) is 18.2 Å². The second-order valence-corrected chi connectivity index (χ2v) is 7.50. The lowest BCUT2D eigenvalue weighted by molar-refractivity contribution is -0.143. The van der Waals surface area contributed by atoms with Crippen LogP contribution in [-0.2, 0) is 23.6 Å². The van der Waals surface area contributed by atoms with Gasteiger partial charge in [-0.15, -0.1) is 0 Å². The molecule has 2 atom stereocenters. The molecule has 5 nitrogen and oxygen atoms in total. The maximum absolute atomic E-state index is 15.7. The molecule has 0 spiro atoms. The SMILES string of the molecule is CCOC(=O)CCCOC1C=C(F)C=CC1(F)B1OC(C)(C)C(C)(C)O1. The molecule has 8 heteroatoms. The van der Waals surface area contributed by atoms with E-state index in [1.807, 2.05) is 27.7 Å². The van der Waals surface area contributed by atoms with Crippen molar-refractivity contribution >= 4 is 13.1 Å². The number of carbonyl (C=O) groups is 1. The molecule has 1 fully saturated rings. The molecule has 2 rings (SSSR count). The summed E-state index contributed by atoms with van der Waals surface area (Å²) in [6.07, 6.45) is 2.47. The summed E-state index contributed by atoms with van der Waals surface area (Å²) in [4.78, 5) is 11.4. The first-order valence-corrected chi connectivity index (χ1v) is 8.90. The molecule has 1 aliphatic heterocycles. The molecule has 0 aromatic carbocycles. The van der Waals surface area contributed by atoms with E-state index in [9.17, 15) is 9.18 Å². The van der Waals surface area contributed by atoms with Gasteiger partial charge in [0.05, 0.1) is 17.8 Å². The van der Waals surface area contributed by atoms with E-state index in [1.165, 1.54) is 0 Å². The van der Waals surface area contributed by atoms with Crippen molar-refractivity contribution in [1.29, 1.82) is 0 Å². The highest BCUT2D eigenvalue weighted by atomic mass is 19.1. The number of allylic oxidation sites excluding steroid dienone is 2. The quantitative estimate of drug-likeness (QED) is 0.389. The smallest absolute Gasteiger partial charge is 0.466 e.